The number of anilines is 1. The standard InChI is InChI=1S/C17H20FN5O2S/c1-22(2)8-7-19-16(24)17(25)20-15-13-9-26-10-14(13)21-23(15)12-5-3-11(18)4-6-12/h3-6H,7-10H2,1-2H3,(H,19,24)(H,20,25)/p+1. The molecule has 0 radical (unpaired) electrons. The lowest BCUT2D eigenvalue weighted by molar-refractivity contribution is -0.856. The Bertz CT molecular complexity index is 819. The van der Waals surface area contributed by atoms with Gasteiger partial charge >= 0.3 is 11.8 Å². The van der Waals surface area contributed by atoms with Crippen molar-refractivity contribution in [3.05, 3.63) is 41.3 Å². The van der Waals surface area contributed by atoms with E-state index in [0.717, 1.165) is 23.6 Å². The minimum atomic E-state index is -0.735. The Morgan fingerprint density at radius 2 is 1.96 bits per heavy atom. The highest BCUT2D eigenvalue weighted by Crippen LogP contribution is 2.36. The number of rotatable bonds is 5. The Balaban J connectivity index is 1.79. The number of quaternary nitrogens is 1. The van der Waals surface area contributed by atoms with Crippen LogP contribution in [-0.4, -0.2) is 48.8 Å². The van der Waals surface area contributed by atoms with Crippen molar-refractivity contribution >= 4 is 29.4 Å². The van der Waals surface area contributed by atoms with Crippen molar-refractivity contribution in [3.63, 3.8) is 0 Å². The maximum atomic E-state index is 13.2. The van der Waals surface area contributed by atoms with Gasteiger partial charge in [-0.1, -0.05) is 0 Å². The molecule has 138 valence electrons. The number of benzene rings is 1. The molecule has 1 aromatic heterocycles. The topological polar surface area (TPSA) is 80.5 Å². The van der Waals surface area contributed by atoms with Crippen LogP contribution in [0.25, 0.3) is 5.69 Å². The molecule has 0 unspecified atom stereocenters. The van der Waals surface area contributed by atoms with Gasteiger partial charge in [-0.25, -0.2) is 9.07 Å². The first kappa shape index (κ1) is 18.4. The van der Waals surface area contributed by atoms with Crippen molar-refractivity contribution in [2.45, 2.75) is 11.5 Å². The van der Waals surface area contributed by atoms with Crippen molar-refractivity contribution in [2.75, 3.05) is 32.5 Å². The molecular formula is C17H21FN5O2S+. The second-order valence-electron chi connectivity index (χ2n) is 6.32. The van der Waals surface area contributed by atoms with Gasteiger partial charge in [0.2, 0.25) is 0 Å². The van der Waals surface area contributed by atoms with Gasteiger partial charge in [-0.3, -0.25) is 9.59 Å². The molecule has 1 aliphatic heterocycles. The van der Waals surface area contributed by atoms with Crippen LogP contribution >= 0.6 is 11.8 Å². The Labute approximate surface area is 154 Å². The molecule has 0 bridgehead atoms. The zero-order chi connectivity index (χ0) is 18.7. The number of hydrogen-bond donors (Lipinski definition) is 3. The summed E-state index contributed by atoms with van der Waals surface area (Å²) in [5, 5.41) is 9.79. The fraction of sp³-hybridized carbons (Fsp3) is 0.353. The van der Waals surface area contributed by atoms with Crippen LogP contribution in [0.3, 0.4) is 0 Å². The number of likely N-dealkylation sites (N-methyl/N-ethyl adjacent to an activating group) is 1. The normalized spacial score (nSPS) is 12.9. The summed E-state index contributed by atoms with van der Waals surface area (Å²) in [4.78, 5) is 25.5. The molecule has 2 aromatic rings. The summed E-state index contributed by atoms with van der Waals surface area (Å²) in [5.41, 5.74) is 2.39. The first-order chi connectivity index (χ1) is 12.5. The van der Waals surface area contributed by atoms with Gasteiger partial charge < -0.3 is 15.5 Å². The number of carbonyl (C=O) groups is 2. The molecule has 9 heteroatoms. The predicted octanol–water partition coefficient (Wildman–Crippen LogP) is -0.0426. The van der Waals surface area contributed by atoms with Crippen LogP contribution in [0.4, 0.5) is 10.2 Å². The largest absolute Gasteiger partial charge is 0.342 e. The quantitative estimate of drug-likeness (QED) is 0.638. The van der Waals surface area contributed by atoms with Crippen LogP contribution in [0, 0.1) is 5.82 Å². The second-order valence-corrected chi connectivity index (χ2v) is 7.31. The van der Waals surface area contributed by atoms with Gasteiger partial charge in [0, 0.05) is 17.1 Å². The molecule has 1 aromatic carbocycles. The van der Waals surface area contributed by atoms with Gasteiger partial charge in [0.15, 0.2) is 0 Å². The smallest absolute Gasteiger partial charge is 0.314 e. The first-order valence-corrected chi connectivity index (χ1v) is 9.44. The van der Waals surface area contributed by atoms with E-state index in [1.165, 1.54) is 17.0 Å². The second kappa shape index (κ2) is 7.88. The number of hydrogen-bond acceptors (Lipinski definition) is 4. The van der Waals surface area contributed by atoms with Gasteiger partial charge in [-0.15, -0.1) is 0 Å². The molecule has 1 aliphatic rings. The van der Waals surface area contributed by atoms with Gasteiger partial charge in [-0.2, -0.15) is 16.9 Å². The Morgan fingerprint density at radius 1 is 1.23 bits per heavy atom. The summed E-state index contributed by atoms with van der Waals surface area (Å²) < 4.78 is 14.8. The third-order valence-corrected chi connectivity index (χ3v) is 4.94. The Kier molecular flexibility index (Phi) is 5.58. The lowest BCUT2D eigenvalue weighted by Gasteiger charge is -2.11. The molecule has 7 nitrogen and oxygen atoms in total. The average molecular weight is 378 g/mol. The van der Waals surface area contributed by atoms with E-state index >= 15 is 0 Å². The molecule has 0 spiro atoms. The highest BCUT2D eigenvalue weighted by atomic mass is 32.2. The number of thioether (sulfide) groups is 1. The van der Waals surface area contributed by atoms with Crippen molar-refractivity contribution in [3.8, 4) is 5.69 Å². The zero-order valence-electron chi connectivity index (χ0n) is 14.6. The zero-order valence-corrected chi connectivity index (χ0v) is 15.5. The fourth-order valence-electron chi connectivity index (χ4n) is 2.58. The number of nitrogens with zero attached hydrogens (tertiary/aromatic N) is 2. The number of aromatic nitrogens is 2. The van der Waals surface area contributed by atoms with E-state index < -0.39 is 11.8 Å². The molecule has 2 heterocycles. The molecule has 0 aliphatic carbocycles. The van der Waals surface area contributed by atoms with Crippen molar-refractivity contribution < 1.29 is 18.9 Å². The van der Waals surface area contributed by atoms with Crippen LogP contribution in [-0.2, 0) is 21.1 Å². The third kappa shape index (κ3) is 4.05. The molecule has 0 atom stereocenters. The number of halogens is 1. The summed E-state index contributed by atoms with van der Waals surface area (Å²) in [6.07, 6.45) is 0. The lowest BCUT2D eigenvalue weighted by atomic mass is 10.2. The van der Waals surface area contributed by atoms with Crippen LogP contribution in [0.2, 0.25) is 0 Å². The van der Waals surface area contributed by atoms with E-state index in [9.17, 15) is 14.0 Å². The minimum Gasteiger partial charge on any atom is -0.342 e. The van der Waals surface area contributed by atoms with Gasteiger partial charge in [0.1, 0.15) is 11.6 Å². The summed E-state index contributed by atoms with van der Waals surface area (Å²) in [6, 6.07) is 5.83. The number of amides is 2. The van der Waals surface area contributed by atoms with Crippen LogP contribution in [0.15, 0.2) is 24.3 Å². The van der Waals surface area contributed by atoms with Crippen molar-refractivity contribution in [2.24, 2.45) is 0 Å². The van der Waals surface area contributed by atoms with Crippen LogP contribution in [0.1, 0.15) is 11.3 Å². The van der Waals surface area contributed by atoms with Gasteiger partial charge in [-0.05, 0) is 24.3 Å². The predicted molar refractivity (Wildman–Crippen MR) is 97.8 cm³/mol. The average Bonchev–Trinajstić information content (AvgIpc) is 3.18. The van der Waals surface area contributed by atoms with E-state index in [1.54, 1.807) is 28.6 Å². The van der Waals surface area contributed by atoms with E-state index in [0.29, 0.717) is 23.8 Å². The molecule has 3 N–H and O–H groups in total. The summed E-state index contributed by atoms with van der Waals surface area (Å²) in [5.74, 6) is 0.147. The SMILES string of the molecule is C[NH+](C)CCNC(=O)C(=O)Nc1c2c(nn1-c1ccc(F)cc1)CSC2. The minimum absolute atomic E-state index is 0.350. The summed E-state index contributed by atoms with van der Waals surface area (Å²) in [7, 11) is 3.93. The van der Waals surface area contributed by atoms with E-state index in [1.807, 2.05) is 14.1 Å². The Morgan fingerprint density at radius 3 is 2.65 bits per heavy atom. The Hall–Kier alpha value is -2.39. The highest BCUT2D eigenvalue weighted by molar-refractivity contribution is 7.98. The third-order valence-electron chi connectivity index (χ3n) is 3.97. The maximum absolute atomic E-state index is 13.2. The molecule has 3 rings (SSSR count). The number of fused-ring (bicyclic) bond motifs is 1. The fourth-order valence-corrected chi connectivity index (χ4v) is 3.62. The molecule has 2 amide bonds. The van der Waals surface area contributed by atoms with Crippen LogP contribution in [0.5, 0.6) is 0 Å². The first-order valence-electron chi connectivity index (χ1n) is 8.28. The van der Waals surface area contributed by atoms with Crippen molar-refractivity contribution in [1.29, 1.82) is 0 Å². The van der Waals surface area contributed by atoms with Gasteiger partial charge in [0.25, 0.3) is 0 Å². The monoisotopic (exact) mass is 378 g/mol. The van der Waals surface area contributed by atoms with E-state index in [4.69, 9.17) is 0 Å². The molecule has 26 heavy (non-hydrogen) atoms. The number of nitrogens with one attached hydrogen (secondary N) is 3. The van der Waals surface area contributed by atoms with Crippen LogP contribution < -0.4 is 15.5 Å². The van der Waals surface area contributed by atoms with E-state index in [2.05, 4.69) is 15.7 Å². The van der Waals surface area contributed by atoms with E-state index in [-0.39, 0.29) is 5.82 Å². The highest BCUT2D eigenvalue weighted by Gasteiger charge is 2.26. The van der Waals surface area contributed by atoms with Gasteiger partial charge in [0.05, 0.1) is 38.6 Å². The van der Waals surface area contributed by atoms with Crippen molar-refractivity contribution in [1.82, 2.24) is 15.1 Å². The molecular weight excluding hydrogens is 357 g/mol. The molecule has 0 saturated heterocycles. The summed E-state index contributed by atoms with van der Waals surface area (Å²) in [6.45, 7) is 1.14. The number of carbonyl (C=O) groups excluding carboxylic acids is 2. The molecule has 0 saturated carbocycles. The summed E-state index contributed by atoms with van der Waals surface area (Å²) >= 11 is 1.69. The molecule has 0 fully saturated rings. The maximum Gasteiger partial charge on any atom is 0.314 e. The lowest BCUT2D eigenvalue weighted by Crippen LogP contribution is -3.06.